The summed E-state index contributed by atoms with van der Waals surface area (Å²) in [6.45, 7) is 1.83. The lowest BCUT2D eigenvalue weighted by atomic mass is 10.1. The summed E-state index contributed by atoms with van der Waals surface area (Å²) in [6.07, 6.45) is 0. The van der Waals surface area contributed by atoms with Crippen molar-refractivity contribution in [3.63, 3.8) is 0 Å². The molecule has 0 atom stereocenters. The Morgan fingerprint density at radius 3 is 2.71 bits per heavy atom. The van der Waals surface area contributed by atoms with Crippen molar-refractivity contribution in [2.75, 3.05) is 0 Å². The molecule has 2 aromatic carbocycles. The van der Waals surface area contributed by atoms with Crippen molar-refractivity contribution < 1.29 is 14.0 Å². The molecule has 4 nitrogen and oxygen atoms in total. The fraction of sp³-hybridized carbons (Fsp3) is 0.0667. The molecule has 0 aliphatic heterocycles. The van der Waals surface area contributed by atoms with Gasteiger partial charge in [-0.2, -0.15) is 4.98 Å². The molecule has 0 radical (unpaired) electrons. The van der Waals surface area contributed by atoms with Crippen molar-refractivity contribution >= 4 is 15.9 Å². The van der Waals surface area contributed by atoms with Crippen molar-refractivity contribution in [1.29, 1.82) is 0 Å². The Morgan fingerprint density at radius 2 is 1.95 bits per heavy atom. The number of phenolic OH excluding ortho intramolecular Hbond substituents is 1. The molecule has 1 heterocycles. The maximum atomic E-state index is 13.3. The van der Waals surface area contributed by atoms with Crippen LogP contribution in [0.5, 0.6) is 5.75 Å². The Kier molecular flexibility index (Phi) is 3.47. The molecule has 0 unspecified atom stereocenters. The van der Waals surface area contributed by atoms with Gasteiger partial charge in [0, 0.05) is 15.6 Å². The van der Waals surface area contributed by atoms with Gasteiger partial charge in [0.15, 0.2) is 0 Å². The largest absolute Gasteiger partial charge is 0.508 e. The minimum absolute atomic E-state index is 0.170. The molecular formula is C15H10BrFN2O2. The van der Waals surface area contributed by atoms with E-state index in [4.69, 9.17) is 4.52 Å². The summed E-state index contributed by atoms with van der Waals surface area (Å²) in [5.74, 6) is 0.409. The highest BCUT2D eigenvalue weighted by molar-refractivity contribution is 9.10. The van der Waals surface area contributed by atoms with E-state index in [-0.39, 0.29) is 11.6 Å². The Hall–Kier alpha value is -2.21. The molecule has 0 spiro atoms. The van der Waals surface area contributed by atoms with E-state index in [1.807, 2.05) is 6.92 Å². The van der Waals surface area contributed by atoms with Crippen LogP contribution in [0.2, 0.25) is 0 Å². The maximum Gasteiger partial charge on any atom is 0.258 e. The van der Waals surface area contributed by atoms with Gasteiger partial charge in [0.05, 0.1) is 0 Å². The molecule has 0 bridgehead atoms. The molecule has 0 fully saturated rings. The third-order valence-electron chi connectivity index (χ3n) is 3.04. The number of halogens is 2. The van der Waals surface area contributed by atoms with Gasteiger partial charge in [-0.1, -0.05) is 21.1 Å². The van der Waals surface area contributed by atoms with E-state index in [1.165, 1.54) is 12.1 Å². The van der Waals surface area contributed by atoms with Gasteiger partial charge < -0.3 is 9.63 Å². The highest BCUT2D eigenvalue weighted by Crippen LogP contribution is 2.30. The van der Waals surface area contributed by atoms with Crippen molar-refractivity contribution in [2.45, 2.75) is 6.92 Å². The van der Waals surface area contributed by atoms with E-state index in [9.17, 15) is 9.50 Å². The Morgan fingerprint density at radius 1 is 1.14 bits per heavy atom. The number of aromatic nitrogens is 2. The van der Waals surface area contributed by atoms with Crippen LogP contribution in [0, 0.1) is 12.7 Å². The molecule has 0 aliphatic carbocycles. The average molecular weight is 349 g/mol. The molecule has 0 saturated carbocycles. The van der Waals surface area contributed by atoms with E-state index in [1.54, 1.807) is 24.3 Å². The van der Waals surface area contributed by atoms with Crippen molar-refractivity contribution in [3.8, 4) is 28.6 Å². The quantitative estimate of drug-likeness (QED) is 0.749. The Bertz CT molecular complexity index is 817. The maximum absolute atomic E-state index is 13.3. The topological polar surface area (TPSA) is 59.2 Å². The van der Waals surface area contributed by atoms with Crippen LogP contribution in [-0.4, -0.2) is 15.2 Å². The highest BCUT2D eigenvalue weighted by atomic mass is 79.9. The summed E-state index contributed by atoms with van der Waals surface area (Å²) < 4.78 is 19.3. The third kappa shape index (κ3) is 2.67. The van der Waals surface area contributed by atoms with Crippen LogP contribution in [-0.2, 0) is 0 Å². The fourth-order valence-corrected chi connectivity index (χ4v) is 2.42. The summed E-state index contributed by atoms with van der Waals surface area (Å²) in [5, 5.41) is 13.3. The van der Waals surface area contributed by atoms with Gasteiger partial charge in [-0.3, -0.25) is 0 Å². The number of aromatic hydroxyl groups is 1. The lowest BCUT2D eigenvalue weighted by Crippen LogP contribution is -1.86. The van der Waals surface area contributed by atoms with Crippen molar-refractivity contribution in [3.05, 3.63) is 52.3 Å². The molecule has 1 aromatic heterocycles. The van der Waals surface area contributed by atoms with E-state index in [0.29, 0.717) is 21.8 Å². The zero-order chi connectivity index (χ0) is 15.0. The second-order valence-corrected chi connectivity index (χ2v) is 5.40. The molecule has 3 aromatic rings. The zero-order valence-electron chi connectivity index (χ0n) is 11.0. The number of rotatable bonds is 2. The first-order valence-corrected chi connectivity index (χ1v) is 6.93. The SMILES string of the molecule is Cc1cc(O)ccc1-c1nc(-c2cc(F)ccc2Br)no1. The predicted octanol–water partition coefficient (Wildman–Crippen LogP) is 4.32. The van der Waals surface area contributed by atoms with Crippen LogP contribution in [0.3, 0.4) is 0 Å². The Balaban J connectivity index is 2.06. The molecule has 0 saturated heterocycles. The summed E-state index contributed by atoms with van der Waals surface area (Å²) in [6, 6.07) is 9.12. The second kappa shape index (κ2) is 5.29. The standard InChI is InChI=1S/C15H10BrFN2O2/c1-8-6-10(20)3-4-11(8)15-18-14(19-21-15)12-7-9(17)2-5-13(12)16/h2-7,20H,1H3. The number of benzene rings is 2. The molecule has 21 heavy (non-hydrogen) atoms. The minimum atomic E-state index is -0.375. The third-order valence-corrected chi connectivity index (χ3v) is 3.73. The lowest BCUT2D eigenvalue weighted by Gasteiger charge is -2.00. The fourth-order valence-electron chi connectivity index (χ4n) is 2.00. The minimum Gasteiger partial charge on any atom is -0.508 e. The average Bonchev–Trinajstić information content (AvgIpc) is 2.91. The van der Waals surface area contributed by atoms with Gasteiger partial charge in [0.1, 0.15) is 11.6 Å². The summed E-state index contributed by atoms with van der Waals surface area (Å²) in [7, 11) is 0. The van der Waals surface area contributed by atoms with Crippen LogP contribution in [0.1, 0.15) is 5.56 Å². The summed E-state index contributed by atoms with van der Waals surface area (Å²) >= 11 is 3.34. The monoisotopic (exact) mass is 348 g/mol. The first kappa shape index (κ1) is 13.8. The normalized spacial score (nSPS) is 10.8. The van der Waals surface area contributed by atoms with Crippen LogP contribution in [0.4, 0.5) is 4.39 Å². The van der Waals surface area contributed by atoms with E-state index < -0.39 is 0 Å². The number of nitrogens with zero attached hydrogens (tertiary/aromatic N) is 2. The zero-order valence-corrected chi connectivity index (χ0v) is 12.6. The number of hydrogen-bond acceptors (Lipinski definition) is 4. The van der Waals surface area contributed by atoms with Crippen molar-refractivity contribution in [1.82, 2.24) is 10.1 Å². The molecule has 6 heteroatoms. The second-order valence-electron chi connectivity index (χ2n) is 4.55. The molecular weight excluding hydrogens is 339 g/mol. The summed E-state index contributed by atoms with van der Waals surface area (Å²) in [4.78, 5) is 4.29. The smallest absolute Gasteiger partial charge is 0.258 e. The predicted molar refractivity (Wildman–Crippen MR) is 79.2 cm³/mol. The molecule has 3 rings (SSSR count). The number of phenols is 1. The first-order valence-electron chi connectivity index (χ1n) is 6.14. The van der Waals surface area contributed by atoms with Gasteiger partial charge >= 0.3 is 0 Å². The molecule has 106 valence electrons. The van der Waals surface area contributed by atoms with E-state index in [2.05, 4.69) is 26.1 Å². The highest BCUT2D eigenvalue weighted by Gasteiger charge is 2.15. The lowest BCUT2D eigenvalue weighted by molar-refractivity contribution is 0.431. The van der Waals surface area contributed by atoms with Gasteiger partial charge in [-0.05, 0) is 48.9 Å². The molecule has 0 amide bonds. The van der Waals surface area contributed by atoms with Crippen molar-refractivity contribution in [2.24, 2.45) is 0 Å². The number of aryl methyl sites for hydroxylation is 1. The van der Waals surface area contributed by atoms with Gasteiger partial charge in [0.25, 0.3) is 5.89 Å². The molecule has 1 N–H and O–H groups in total. The van der Waals surface area contributed by atoms with Crippen LogP contribution in [0.15, 0.2) is 45.4 Å². The van der Waals surface area contributed by atoms with Crippen LogP contribution in [0.25, 0.3) is 22.8 Å². The van der Waals surface area contributed by atoms with Crippen LogP contribution < -0.4 is 0 Å². The summed E-state index contributed by atoms with van der Waals surface area (Å²) in [5.41, 5.74) is 2.05. The van der Waals surface area contributed by atoms with Gasteiger partial charge in [-0.25, -0.2) is 4.39 Å². The number of hydrogen-bond donors (Lipinski definition) is 1. The van der Waals surface area contributed by atoms with Gasteiger partial charge in [-0.15, -0.1) is 0 Å². The van der Waals surface area contributed by atoms with Crippen LogP contribution >= 0.6 is 15.9 Å². The molecule has 0 aliphatic rings. The van der Waals surface area contributed by atoms with Gasteiger partial charge in [0.2, 0.25) is 5.82 Å². The first-order chi connectivity index (χ1) is 10.0. The van der Waals surface area contributed by atoms with E-state index in [0.717, 1.165) is 11.1 Å². The Labute approximate surface area is 128 Å². The van der Waals surface area contributed by atoms with E-state index >= 15 is 0 Å².